The van der Waals surface area contributed by atoms with Crippen LogP contribution in [-0.2, 0) is 4.79 Å². The van der Waals surface area contributed by atoms with Gasteiger partial charge in [-0.3, -0.25) is 0 Å². The van der Waals surface area contributed by atoms with Gasteiger partial charge in [-0.2, -0.15) is 13.2 Å². The Bertz CT molecular complexity index is 536. The molecule has 0 aliphatic heterocycles. The number of rotatable bonds is 5. The summed E-state index contributed by atoms with van der Waals surface area (Å²) < 4.78 is 38.0. The average molecular weight is 301 g/mol. The van der Waals surface area contributed by atoms with Crippen LogP contribution in [0.4, 0.5) is 18.9 Å². The molecule has 0 heterocycles. The van der Waals surface area contributed by atoms with Crippen LogP contribution in [0.15, 0.2) is 24.3 Å². The first-order chi connectivity index (χ1) is 9.60. The van der Waals surface area contributed by atoms with Gasteiger partial charge in [0.1, 0.15) is 6.54 Å². The van der Waals surface area contributed by atoms with Gasteiger partial charge in [0.25, 0.3) is 0 Å². The normalized spacial score (nSPS) is 12.1. The van der Waals surface area contributed by atoms with Gasteiger partial charge in [0, 0.05) is 17.8 Å². The highest BCUT2D eigenvalue weighted by Gasteiger charge is 2.32. The van der Waals surface area contributed by atoms with Gasteiger partial charge in [-0.05, 0) is 50.1 Å². The molecule has 1 N–H and O–H groups in total. The van der Waals surface area contributed by atoms with E-state index in [2.05, 4.69) is 0 Å². The molecule has 116 valence electrons. The molecule has 0 atom stereocenters. The number of carbonyl (C=O) groups is 1. The lowest BCUT2D eigenvalue weighted by atomic mass is 10.1. The van der Waals surface area contributed by atoms with Gasteiger partial charge in [-0.25, -0.2) is 4.79 Å². The monoisotopic (exact) mass is 301 g/mol. The Morgan fingerprint density at radius 2 is 2.00 bits per heavy atom. The maximum atomic E-state index is 12.7. The number of hydrogen-bond acceptors (Lipinski definition) is 2. The fraction of sp³-hybridized carbons (Fsp3) is 0.400. The van der Waals surface area contributed by atoms with E-state index in [4.69, 9.17) is 5.11 Å². The summed E-state index contributed by atoms with van der Waals surface area (Å²) in [6, 6.07) is 4.56. The van der Waals surface area contributed by atoms with Crippen LogP contribution in [0, 0.1) is 6.92 Å². The summed E-state index contributed by atoms with van der Waals surface area (Å²) in [5.41, 5.74) is 1.80. The van der Waals surface area contributed by atoms with E-state index in [-0.39, 0.29) is 6.04 Å². The highest BCUT2D eigenvalue weighted by Crippen LogP contribution is 2.27. The second kappa shape index (κ2) is 6.65. The van der Waals surface area contributed by atoms with Crippen molar-refractivity contribution in [2.24, 2.45) is 0 Å². The van der Waals surface area contributed by atoms with Gasteiger partial charge in [-0.1, -0.05) is 6.07 Å². The second-order valence-electron chi connectivity index (χ2n) is 5.05. The number of nitrogens with zero attached hydrogens (tertiary/aromatic N) is 1. The molecule has 0 aliphatic rings. The summed E-state index contributed by atoms with van der Waals surface area (Å²) in [6.07, 6.45) is -1.88. The van der Waals surface area contributed by atoms with Crippen molar-refractivity contribution in [3.05, 3.63) is 35.4 Å². The summed E-state index contributed by atoms with van der Waals surface area (Å²) in [6.45, 7) is 4.09. The van der Waals surface area contributed by atoms with Crippen molar-refractivity contribution in [3.63, 3.8) is 0 Å². The smallest absolute Gasteiger partial charge is 0.405 e. The van der Waals surface area contributed by atoms with Crippen molar-refractivity contribution in [3.8, 4) is 0 Å². The molecule has 1 rings (SSSR count). The molecule has 3 nitrogen and oxygen atoms in total. The SMILES string of the molecule is Cc1cc(C=CC(=O)O)ccc1N(CC(F)(F)F)C(C)C. The van der Waals surface area contributed by atoms with Gasteiger partial charge in [-0.15, -0.1) is 0 Å². The number of aryl methyl sites for hydroxylation is 1. The van der Waals surface area contributed by atoms with Crippen LogP contribution in [0.3, 0.4) is 0 Å². The Kier molecular flexibility index (Phi) is 5.41. The first-order valence-electron chi connectivity index (χ1n) is 6.45. The van der Waals surface area contributed by atoms with Gasteiger partial charge < -0.3 is 10.0 Å². The van der Waals surface area contributed by atoms with E-state index < -0.39 is 18.7 Å². The van der Waals surface area contributed by atoms with Crippen molar-refractivity contribution in [2.45, 2.75) is 33.0 Å². The zero-order valence-electron chi connectivity index (χ0n) is 12.1. The summed E-state index contributed by atoms with van der Waals surface area (Å²) in [5, 5.41) is 8.57. The molecule has 0 saturated heterocycles. The predicted octanol–water partition coefficient (Wildman–Crippen LogP) is 3.87. The lowest BCUT2D eigenvalue weighted by Gasteiger charge is -2.31. The molecule has 0 aromatic heterocycles. The largest absolute Gasteiger partial charge is 0.478 e. The predicted molar refractivity (Wildman–Crippen MR) is 76.4 cm³/mol. The molecule has 0 bridgehead atoms. The van der Waals surface area contributed by atoms with Crippen LogP contribution in [0.1, 0.15) is 25.0 Å². The zero-order chi connectivity index (χ0) is 16.2. The number of benzene rings is 1. The lowest BCUT2D eigenvalue weighted by Crippen LogP contribution is -2.39. The van der Waals surface area contributed by atoms with E-state index in [1.165, 1.54) is 11.0 Å². The van der Waals surface area contributed by atoms with Crippen LogP contribution in [0.25, 0.3) is 6.08 Å². The van der Waals surface area contributed by atoms with Crippen molar-refractivity contribution in [1.82, 2.24) is 0 Å². The molecule has 21 heavy (non-hydrogen) atoms. The fourth-order valence-electron chi connectivity index (χ4n) is 2.01. The molecule has 0 unspecified atom stereocenters. The zero-order valence-corrected chi connectivity index (χ0v) is 12.1. The molecule has 0 aliphatic carbocycles. The van der Waals surface area contributed by atoms with E-state index in [0.29, 0.717) is 16.8 Å². The lowest BCUT2D eigenvalue weighted by molar-refractivity contribution is -0.131. The summed E-state index contributed by atoms with van der Waals surface area (Å²) >= 11 is 0. The van der Waals surface area contributed by atoms with Crippen molar-refractivity contribution in [2.75, 3.05) is 11.4 Å². The molecule has 1 aromatic rings. The molecular weight excluding hydrogens is 283 g/mol. The third-order valence-corrected chi connectivity index (χ3v) is 2.92. The molecule has 0 fully saturated rings. The third-order valence-electron chi connectivity index (χ3n) is 2.92. The van der Waals surface area contributed by atoms with Crippen molar-refractivity contribution < 1.29 is 23.1 Å². The Balaban J connectivity index is 3.08. The van der Waals surface area contributed by atoms with Crippen molar-refractivity contribution in [1.29, 1.82) is 0 Å². The summed E-state index contributed by atoms with van der Waals surface area (Å²) in [7, 11) is 0. The molecule has 0 radical (unpaired) electrons. The minimum absolute atomic E-state index is 0.300. The standard InChI is InChI=1S/C15H18F3NO2/c1-10(2)19(9-15(16,17)18)13-6-4-12(8-11(13)3)5-7-14(20)21/h4-8,10H,9H2,1-3H3,(H,20,21). The summed E-state index contributed by atoms with van der Waals surface area (Å²) in [5.74, 6) is -1.07. The van der Waals surface area contributed by atoms with Crippen LogP contribution in [-0.4, -0.2) is 29.8 Å². The maximum absolute atomic E-state index is 12.7. The number of carboxylic acid groups (broad SMARTS) is 1. The molecule has 0 amide bonds. The number of anilines is 1. The van der Waals surface area contributed by atoms with Crippen LogP contribution in [0.5, 0.6) is 0 Å². The Labute approximate surface area is 121 Å². The number of carboxylic acids is 1. The van der Waals surface area contributed by atoms with E-state index in [1.54, 1.807) is 39.0 Å². The fourth-order valence-corrected chi connectivity index (χ4v) is 2.01. The quantitative estimate of drug-likeness (QED) is 0.839. The minimum Gasteiger partial charge on any atom is -0.478 e. The minimum atomic E-state index is -4.28. The van der Waals surface area contributed by atoms with Crippen molar-refractivity contribution >= 4 is 17.7 Å². The van der Waals surface area contributed by atoms with E-state index in [1.807, 2.05) is 0 Å². The van der Waals surface area contributed by atoms with Gasteiger partial charge in [0.2, 0.25) is 0 Å². The molecular formula is C15H18F3NO2. The first-order valence-corrected chi connectivity index (χ1v) is 6.45. The van der Waals surface area contributed by atoms with E-state index in [9.17, 15) is 18.0 Å². The maximum Gasteiger partial charge on any atom is 0.405 e. The average Bonchev–Trinajstić information content (AvgIpc) is 2.32. The first kappa shape index (κ1) is 17.1. The Morgan fingerprint density at radius 3 is 2.43 bits per heavy atom. The van der Waals surface area contributed by atoms with E-state index >= 15 is 0 Å². The van der Waals surface area contributed by atoms with Gasteiger partial charge in [0.15, 0.2) is 0 Å². The second-order valence-corrected chi connectivity index (χ2v) is 5.05. The number of alkyl halides is 3. The Hall–Kier alpha value is -1.98. The molecule has 6 heteroatoms. The molecule has 0 spiro atoms. The molecule has 0 saturated carbocycles. The van der Waals surface area contributed by atoms with Crippen LogP contribution < -0.4 is 4.90 Å². The van der Waals surface area contributed by atoms with Gasteiger partial charge >= 0.3 is 12.1 Å². The number of hydrogen-bond donors (Lipinski definition) is 1. The van der Waals surface area contributed by atoms with E-state index in [0.717, 1.165) is 6.08 Å². The summed E-state index contributed by atoms with van der Waals surface area (Å²) in [4.78, 5) is 11.7. The topological polar surface area (TPSA) is 40.5 Å². The number of aliphatic carboxylic acids is 1. The third kappa shape index (κ3) is 5.49. The van der Waals surface area contributed by atoms with Crippen LogP contribution in [0.2, 0.25) is 0 Å². The number of halogens is 3. The Morgan fingerprint density at radius 1 is 1.38 bits per heavy atom. The van der Waals surface area contributed by atoms with Crippen LogP contribution >= 0.6 is 0 Å². The highest BCUT2D eigenvalue weighted by atomic mass is 19.4. The molecule has 1 aromatic carbocycles. The van der Waals surface area contributed by atoms with Gasteiger partial charge in [0.05, 0.1) is 0 Å². The highest BCUT2D eigenvalue weighted by molar-refractivity contribution is 5.85.